The molecule has 2 aromatic rings. The smallest absolute Gasteiger partial charge is 0.238 e. The van der Waals surface area contributed by atoms with E-state index < -0.39 is 0 Å². The summed E-state index contributed by atoms with van der Waals surface area (Å²) >= 11 is 0. The van der Waals surface area contributed by atoms with Crippen molar-refractivity contribution in [3.63, 3.8) is 0 Å². The van der Waals surface area contributed by atoms with Crippen LogP contribution in [0.5, 0.6) is 0 Å². The first kappa shape index (κ1) is 11.2. The highest BCUT2D eigenvalue weighted by Gasteiger charge is 2.21. The topological polar surface area (TPSA) is 41.1 Å². The van der Waals surface area contributed by atoms with Crippen molar-refractivity contribution in [1.82, 2.24) is 5.32 Å². The van der Waals surface area contributed by atoms with E-state index in [2.05, 4.69) is 10.6 Å². The highest BCUT2D eigenvalue weighted by molar-refractivity contribution is 6.02. The molecule has 0 aromatic heterocycles. The average molecular weight is 240 g/mol. The predicted molar refractivity (Wildman–Crippen MR) is 73.6 cm³/mol. The summed E-state index contributed by atoms with van der Waals surface area (Å²) in [5.41, 5.74) is 0.885. The molecule has 1 saturated carbocycles. The molecule has 0 heterocycles. The second kappa shape index (κ2) is 4.78. The monoisotopic (exact) mass is 240 g/mol. The van der Waals surface area contributed by atoms with E-state index in [0.717, 1.165) is 16.5 Å². The number of hydrogen-bond donors (Lipinski definition) is 2. The lowest BCUT2D eigenvalue weighted by molar-refractivity contribution is -0.115. The van der Waals surface area contributed by atoms with E-state index >= 15 is 0 Å². The summed E-state index contributed by atoms with van der Waals surface area (Å²) in [6, 6.07) is 14.6. The third-order valence-electron chi connectivity index (χ3n) is 3.19. The second-order valence-corrected chi connectivity index (χ2v) is 4.73. The molecule has 2 N–H and O–H groups in total. The lowest BCUT2D eigenvalue weighted by Crippen LogP contribution is -2.29. The Labute approximate surface area is 106 Å². The molecule has 0 spiro atoms. The van der Waals surface area contributed by atoms with Gasteiger partial charge < -0.3 is 10.6 Å². The van der Waals surface area contributed by atoms with E-state index in [0.29, 0.717) is 12.6 Å². The summed E-state index contributed by atoms with van der Waals surface area (Å²) in [5.74, 6) is 0.0262. The van der Waals surface area contributed by atoms with Gasteiger partial charge in [-0.05, 0) is 24.3 Å². The van der Waals surface area contributed by atoms with Gasteiger partial charge in [-0.15, -0.1) is 0 Å². The summed E-state index contributed by atoms with van der Waals surface area (Å²) in [7, 11) is 0. The number of amides is 1. The molecule has 0 aliphatic heterocycles. The highest BCUT2D eigenvalue weighted by atomic mass is 16.1. The molecule has 2 aromatic carbocycles. The van der Waals surface area contributed by atoms with E-state index in [-0.39, 0.29) is 5.91 Å². The second-order valence-electron chi connectivity index (χ2n) is 4.73. The summed E-state index contributed by atoms with van der Waals surface area (Å²) in [5, 5.41) is 8.41. The molecule has 1 amide bonds. The fourth-order valence-electron chi connectivity index (χ4n) is 2.05. The molecule has 0 saturated heterocycles. The zero-order valence-corrected chi connectivity index (χ0v) is 10.1. The van der Waals surface area contributed by atoms with Crippen LogP contribution >= 0.6 is 0 Å². The van der Waals surface area contributed by atoms with Crippen molar-refractivity contribution >= 4 is 22.4 Å². The van der Waals surface area contributed by atoms with E-state index in [9.17, 15) is 4.79 Å². The first-order chi connectivity index (χ1) is 8.83. The molecule has 1 fully saturated rings. The fourth-order valence-corrected chi connectivity index (χ4v) is 2.05. The lowest BCUT2D eigenvalue weighted by atomic mass is 10.1. The van der Waals surface area contributed by atoms with Gasteiger partial charge in [0.05, 0.1) is 6.54 Å². The van der Waals surface area contributed by atoms with Gasteiger partial charge in [0.25, 0.3) is 0 Å². The van der Waals surface area contributed by atoms with Gasteiger partial charge in [0.15, 0.2) is 0 Å². The number of hydrogen-bond acceptors (Lipinski definition) is 2. The Balaban J connectivity index is 1.74. The van der Waals surface area contributed by atoms with Crippen LogP contribution in [-0.4, -0.2) is 18.5 Å². The van der Waals surface area contributed by atoms with Crippen molar-refractivity contribution in [3.05, 3.63) is 42.5 Å². The zero-order chi connectivity index (χ0) is 12.4. The van der Waals surface area contributed by atoms with Gasteiger partial charge in [-0.3, -0.25) is 4.79 Å². The van der Waals surface area contributed by atoms with E-state index in [1.165, 1.54) is 12.8 Å². The first-order valence-electron chi connectivity index (χ1n) is 6.34. The lowest BCUT2D eigenvalue weighted by Gasteiger charge is -2.09. The molecule has 1 aliphatic carbocycles. The summed E-state index contributed by atoms with van der Waals surface area (Å²) in [4.78, 5) is 11.8. The van der Waals surface area contributed by atoms with Crippen LogP contribution in [0.2, 0.25) is 0 Å². The molecule has 0 atom stereocenters. The molecule has 3 heteroatoms. The standard InChI is InChI=1S/C15H16N2O/c18-15(10-16-12-8-9-12)17-14-7-3-5-11-4-1-2-6-13(11)14/h1-7,12,16H,8-10H2,(H,17,18). The van der Waals surface area contributed by atoms with Crippen LogP contribution in [0.1, 0.15) is 12.8 Å². The molecule has 18 heavy (non-hydrogen) atoms. The normalized spacial score (nSPS) is 14.7. The number of anilines is 1. The molecular weight excluding hydrogens is 224 g/mol. The molecule has 92 valence electrons. The Hall–Kier alpha value is -1.87. The minimum atomic E-state index is 0.0262. The van der Waals surface area contributed by atoms with Crippen LogP contribution in [0.3, 0.4) is 0 Å². The number of nitrogens with one attached hydrogen (secondary N) is 2. The van der Waals surface area contributed by atoms with Crippen molar-refractivity contribution in [2.24, 2.45) is 0 Å². The van der Waals surface area contributed by atoms with Crippen LogP contribution in [0.15, 0.2) is 42.5 Å². The summed E-state index contributed by atoms with van der Waals surface area (Å²) in [6.07, 6.45) is 2.39. The minimum Gasteiger partial charge on any atom is -0.324 e. The fraction of sp³-hybridized carbons (Fsp3) is 0.267. The Morgan fingerprint density at radius 2 is 1.89 bits per heavy atom. The molecule has 1 aliphatic rings. The van der Waals surface area contributed by atoms with Gasteiger partial charge in [0.2, 0.25) is 5.91 Å². The van der Waals surface area contributed by atoms with Crippen LogP contribution in [0.4, 0.5) is 5.69 Å². The number of rotatable bonds is 4. The molecule has 0 unspecified atom stereocenters. The van der Waals surface area contributed by atoms with Gasteiger partial charge in [-0.1, -0.05) is 36.4 Å². The van der Waals surface area contributed by atoms with Gasteiger partial charge in [-0.2, -0.15) is 0 Å². The molecule has 0 bridgehead atoms. The third kappa shape index (κ3) is 2.51. The van der Waals surface area contributed by atoms with Crippen LogP contribution in [0.25, 0.3) is 10.8 Å². The van der Waals surface area contributed by atoms with Crippen molar-refractivity contribution in [2.75, 3.05) is 11.9 Å². The highest BCUT2D eigenvalue weighted by Crippen LogP contribution is 2.23. The maximum absolute atomic E-state index is 11.8. The number of carbonyl (C=O) groups is 1. The van der Waals surface area contributed by atoms with Gasteiger partial charge >= 0.3 is 0 Å². The number of benzene rings is 2. The molecule has 3 nitrogen and oxygen atoms in total. The zero-order valence-electron chi connectivity index (χ0n) is 10.1. The van der Waals surface area contributed by atoms with E-state index in [1.807, 2.05) is 42.5 Å². The third-order valence-corrected chi connectivity index (χ3v) is 3.19. The Bertz CT molecular complexity index is 570. The van der Waals surface area contributed by atoms with Crippen molar-refractivity contribution in [1.29, 1.82) is 0 Å². The minimum absolute atomic E-state index is 0.0262. The summed E-state index contributed by atoms with van der Waals surface area (Å²) in [6.45, 7) is 0.397. The number of carbonyl (C=O) groups excluding carboxylic acids is 1. The van der Waals surface area contributed by atoms with E-state index in [1.54, 1.807) is 0 Å². The van der Waals surface area contributed by atoms with Gasteiger partial charge in [0.1, 0.15) is 0 Å². The Morgan fingerprint density at radius 1 is 1.11 bits per heavy atom. The number of fused-ring (bicyclic) bond motifs is 1. The maximum atomic E-state index is 11.8. The van der Waals surface area contributed by atoms with E-state index in [4.69, 9.17) is 0 Å². The van der Waals surface area contributed by atoms with Crippen LogP contribution < -0.4 is 10.6 Å². The van der Waals surface area contributed by atoms with Crippen molar-refractivity contribution < 1.29 is 4.79 Å². The Kier molecular flexibility index (Phi) is 2.99. The SMILES string of the molecule is O=C(CNC1CC1)Nc1cccc2ccccc12. The summed E-state index contributed by atoms with van der Waals surface area (Å²) < 4.78 is 0. The first-order valence-corrected chi connectivity index (χ1v) is 6.34. The molecular formula is C15H16N2O. The Morgan fingerprint density at radius 3 is 2.72 bits per heavy atom. The predicted octanol–water partition coefficient (Wildman–Crippen LogP) is 2.53. The molecule has 0 radical (unpaired) electrons. The van der Waals surface area contributed by atoms with Gasteiger partial charge in [0, 0.05) is 17.1 Å². The largest absolute Gasteiger partial charge is 0.324 e. The van der Waals surface area contributed by atoms with Crippen LogP contribution in [-0.2, 0) is 4.79 Å². The van der Waals surface area contributed by atoms with Gasteiger partial charge in [-0.25, -0.2) is 0 Å². The van der Waals surface area contributed by atoms with Crippen molar-refractivity contribution in [2.45, 2.75) is 18.9 Å². The molecule has 3 rings (SSSR count). The quantitative estimate of drug-likeness (QED) is 0.862. The van der Waals surface area contributed by atoms with Crippen LogP contribution in [0, 0.1) is 0 Å². The maximum Gasteiger partial charge on any atom is 0.238 e. The average Bonchev–Trinajstić information content (AvgIpc) is 3.21. The van der Waals surface area contributed by atoms with Crippen molar-refractivity contribution in [3.8, 4) is 0 Å².